The van der Waals surface area contributed by atoms with Crippen molar-refractivity contribution in [2.24, 2.45) is 0 Å². The third kappa shape index (κ3) is 5.43. The summed E-state index contributed by atoms with van der Waals surface area (Å²) in [6, 6.07) is 37.8. The van der Waals surface area contributed by atoms with E-state index in [0.717, 1.165) is 0 Å². The summed E-state index contributed by atoms with van der Waals surface area (Å²) in [6.45, 7) is 14.2. The molecule has 6 rings (SSSR count). The van der Waals surface area contributed by atoms with Crippen LogP contribution in [0.25, 0.3) is 11.1 Å². The van der Waals surface area contributed by atoms with Gasteiger partial charge in [0.05, 0.1) is 0 Å². The molecule has 41 heavy (non-hydrogen) atoms. The molecule has 0 aliphatic heterocycles. The summed E-state index contributed by atoms with van der Waals surface area (Å²) in [4.78, 5) is 0. The zero-order chi connectivity index (χ0) is 28.8. The van der Waals surface area contributed by atoms with E-state index >= 15 is 0 Å². The summed E-state index contributed by atoms with van der Waals surface area (Å²) in [5.41, 5.74) is 12.3. The molecule has 0 atom stereocenters. The molecule has 0 spiro atoms. The molecule has 0 amide bonds. The summed E-state index contributed by atoms with van der Waals surface area (Å²) >= 11 is -3.55. The van der Waals surface area contributed by atoms with Gasteiger partial charge in [-0.25, -0.2) is 0 Å². The summed E-state index contributed by atoms with van der Waals surface area (Å²) < 4.78 is 3.48. The minimum absolute atomic E-state index is 0.108. The second kappa shape index (κ2) is 10.8. The van der Waals surface area contributed by atoms with Crippen molar-refractivity contribution in [1.82, 2.24) is 0 Å². The quantitative estimate of drug-likeness (QED) is 0.176. The topological polar surface area (TPSA) is 0 Å². The zero-order valence-corrected chi connectivity index (χ0v) is 29.2. The van der Waals surface area contributed by atoms with Crippen LogP contribution in [0.5, 0.6) is 0 Å². The van der Waals surface area contributed by atoms with Crippen molar-refractivity contribution >= 4 is 0 Å². The second-order valence-corrected chi connectivity index (χ2v) is 30.3. The van der Waals surface area contributed by atoms with Crippen LogP contribution in [0.4, 0.5) is 0 Å². The molecule has 0 N–H and O–H groups in total. The first-order chi connectivity index (χ1) is 19.6. The molecule has 2 aliphatic rings. The fraction of sp³-hybridized carbons (Fsp3) is 0.300. The van der Waals surface area contributed by atoms with E-state index in [1.807, 2.05) is 0 Å². The van der Waals surface area contributed by atoms with Gasteiger partial charge in [0, 0.05) is 0 Å². The fourth-order valence-corrected chi connectivity index (χ4v) is 29.1. The van der Waals surface area contributed by atoms with Gasteiger partial charge < -0.3 is 0 Å². The number of fused-ring (bicyclic) bond motifs is 3. The SMILES string of the molecule is CC(C)(C)c1ccc2c(c1)[CH]([Hf]([CH2]c1ccccc1)([CH2]c1ccccc1)[CH]1C=CC=C1)c1cc(C(C)(C)C)ccc1-2. The zero-order valence-electron chi connectivity index (χ0n) is 25.6. The molecule has 4 aromatic rings. The Morgan fingerprint density at radius 1 is 0.537 bits per heavy atom. The number of benzene rings is 4. The molecule has 0 heterocycles. The van der Waals surface area contributed by atoms with Gasteiger partial charge in [-0.05, 0) is 0 Å². The van der Waals surface area contributed by atoms with E-state index < -0.39 is 20.0 Å². The molecule has 0 radical (unpaired) electrons. The van der Waals surface area contributed by atoms with Crippen LogP contribution in [-0.4, -0.2) is 0 Å². The Morgan fingerprint density at radius 2 is 0.951 bits per heavy atom. The van der Waals surface area contributed by atoms with E-state index in [2.05, 4.69) is 163 Å². The third-order valence-electron chi connectivity index (χ3n) is 9.49. The Morgan fingerprint density at radius 3 is 1.34 bits per heavy atom. The molecule has 0 saturated carbocycles. The van der Waals surface area contributed by atoms with E-state index in [4.69, 9.17) is 0 Å². The van der Waals surface area contributed by atoms with E-state index in [9.17, 15) is 0 Å². The minimum atomic E-state index is -3.55. The predicted molar refractivity (Wildman–Crippen MR) is 173 cm³/mol. The first-order valence-electron chi connectivity index (χ1n) is 15.3. The molecule has 2 aliphatic carbocycles. The molecule has 0 saturated heterocycles. The van der Waals surface area contributed by atoms with Gasteiger partial charge in [-0.3, -0.25) is 0 Å². The van der Waals surface area contributed by atoms with Crippen LogP contribution in [0, 0.1) is 0 Å². The van der Waals surface area contributed by atoms with Gasteiger partial charge in [0.25, 0.3) is 0 Å². The Kier molecular flexibility index (Phi) is 7.48. The van der Waals surface area contributed by atoms with E-state index in [1.54, 1.807) is 11.1 Å². The normalized spacial score (nSPS) is 15.4. The van der Waals surface area contributed by atoms with E-state index in [1.165, 1.54) is 41.7 Å². The van der Waals surface area contributed by atoms with Crippen molar-refractivity contribution in [3.05, 3.63) is 155 Å². The molecule has 0 fully saturated rings. The summed E-state index contributed by atoms with van der Waals surface area (Å²) in [6.07, 6.45) is 9.77. The maximum absolute atomic E-state index is 3.55. The van der Waals surface area contributed by atoms with Crippen molar-refractivity contribution in [2.75, 3.05) is 0 Å². The Labute approximate surface area is 252 Å². The summed E-state index contributed by atoms with van der Waals surface area (Å²) in [5.74, 6) is 0. The van der Waals surface area contributed by atoms with Gasteiger partial charge in [0.2, 0.25) is 0 Å². The van der Waals surface area contributed by atoms with Crippen molar-refractivity contribution < 1.29 is 20.0 Å². The second-order valence-electron chi connectivity index (χ2n) is 14.4. The van der Waals surface area contributed by atoms with Gasteiger partial charge in [0.1, 0.15) is 0 Å². The molecular weight excluding hydrogens is 659 g/mol. The molecule has 208 valence electrons. The third-order valence-corrected chi connectivity index (χ3v) is 29.7. The molecule has 0 nitrogen and oxygen atoms in total. The molecule has 0 bridgehead atoms. The van der Waals surface area contributed by atoms with Crippen molar-refractivity contribution in [2.45, 2.75) is 68.1 Å². The summed E-state index contributed by atoms with van der Waals surface area (Å²) in [5, 5.41) is 0. The predicted octanol–water partition coefficient (Wildman–Crippen LogP) is 10.8. The molecule has 1 heteroatoms. The fourth-order valence-electron chi connectivity index (χ4n) is 7.28. The van der Waals surface area contributed by atoms with Gasteiger partial charge in [-0.15, -0.1) is 0 Å². The molecule has 4 aromatic carbocycles. The number of hydrogen-bond donors (Lipinski definition) is 0. The maximum atomic E-state index is 2.61. The van der Waals surface area contributed by atoms with Crippen LogP contribution in [0.2, 0.25) is 3.67 Å². The van der Waals surface area contributed by atoms with E-state index in [-0.39, 0.29) is 10.8 Å². The molecule has 0 unspecified atom stereocenters. The molecular formula is C40H44Hf. The Bertz CT molecular complexity index is 1480. The standard InChI is InChI=1S/C21H25.2C7H7.C5H5.Hf/c1-20(2,3)16-7-9-18-14(12-16)11-15-13-17(21(4,5)6)8-10-19(15)18;2*1-7-5-3-2-4-6-7;1-2-4-5-3-1;/h7-13H,1-6H3;2*2-6H,1H2;1-5H;. The monoisotopic (exact) mass is 704 g/mol. The number of hydrogen-bond acceptors (Lipinski definition) is 0. The van der Waals surface area contributed by atoms with Crippen LogP contribution >= 0.6 is 0 Å². The Balaban J connectivity index is 1.67. The van der Waals surface area contributed by atoms with Crippen LogP contribution in [-0.2, 0) is 39.2 Å². The van der Waals surface area contributed by atoms with Crippen LogP contribution in [0.15, 0.2) is 121 Å². The number of rotatable bonds is 6. The summed E-state index contributed by atoms with van der Waals surface area (Å²) in [7, 11) is 0. The van der Waals surface area contributed by atoms with Gasteiger partial charge >= 0.3 is 254 Å². The molecule has 0 aromatic heterocycles. The van der Waals surface area contributed by atoms with Gasteiger partial charge in [-0.1, -0.05) is 0 Å². The average Bonchev–Trinajstić information content (AvgIpc) is 3.60. The Hall–Kier alpha value is -2.77. The van der Waals surface area contributed by atoms with Crippen LogP contribution in [0.1, 0.15) is 78.6 Å². The average molecular weight is 703 g/mol. The van der Waals surface area contributed by atoms with Gasteiger partial charge in [0.15, 0.2) is 0 Å². The van der Waals surface area contributed by atoms with E-state index in [0.29, 0.717) is 7.35 Å². The van der Waals surface area contributed by atoms with Crippen LogP contribution < -0.4 is 0 Å². The van der Waals surface area contributed by atoms with Crippen molar-refractivity contribution in [3.8, 4) is 11.1 Å². The van der Waals surface area contributed by atoms with Crippen molar-refractivity contribution in [1.29, 1.82) is 0 Å². The van der Waals surface area contributed by atoms with Crippen LogP contribution in [0.3, 0.4) is 0 Å². The number of allylic oxidation sites excluding steroid dienone is 4. The first-order valence-corrected chi connectivity index (χ1v) is 24.5. The first kappa shape index (κ1) is 28.4. The van der Waals surface area contributed by atoms with Crippen molar-refractivity contribution in [3.63, 3.8) is 0 Å². The van der Waals surface area contributed by atoms with Gasteiger partial charge in [-0.2, -0.15) is 0 Å².